The van der Waals surface area contributed by atoms with Crippen molar-refractivity contribution in [1.82, 2.24) is 14.5 Å². The Kier molecular flexibility index (Phi) is 4.95. The summed E-state index contributed by atoms with van der Waals surface area (Å²) < 4.78 is 1.71. The maximum absolute atomic E-state index is 12.4. The molecule has 21 heavy (non-hydrogen) atoms. The molecular weight excluding hydrogens is 286 g/mol. The van der Waals surface area contributed by atoms with E-state index in [1.165, 1.54) is 0 Å². The van der Waals surface area contributed by atoms with Crippen LogP contribution in [0.15, 0.2) is 17.2 Å². The Labute approximate surface area is 130 Å². The highest BCUT2D eigenvalue weighted by Gasteiger charge is 2.24. The van der Waals surface area contributed by atoms with E-state index in [1.54, 1.807) is 17.0 Å². The molecule has 2 heterocycles. The first kappa shape index (κ1) is 15.9. The van der Waals surface area contributed by atoms with E-state index in [0.29, 0.717) is 10.8 Å². The minimum atomic E-state index is -0.0247. The number of hydrogen-bond acceptors (Lipinski definition) is 5. The second kappa shape index (κ2) is 6.53. The monoisotopic (exact) mass is 309 g/mol. The third kappa shape index (κ3) is 3.41. The average molecular weight is 309 g/mol. The topological polar surface area (TPSA) is 67.4 Å². The first-order chi connectivity index (χ1) is 9.91. The van der Waals surface area contributed by atoms with Gasteiger partial charge in [-0.2, -0.15) is 0 Å². The molecule has 1 atom stereocenters. The lowest BCUT2D eigenvalue weighted by Crippen LogP contribution is -2.53. The molecule has 1 saturated heterocycles. The molecule has 116 valence electrons. The van der Waals surface area contributed by atoms with E-state index < -0.39 is 0 Å². The van der Waals surface area contributed by atoms with Crippen molar-refractivity contribution in [3.8, 4) is 0 Å². The molecule has 1 aromatic rings. The molecule has 0 aromatic carbocycles. The van der Waals surface area contributed by atoms with Gasteiger partial charge in [0.1, 0.15) is 0 Å². The third-order valence-corrected chi connectivity index (χ3v) is 4.32. The SMILES string of the molecule is CC(C(N)=S)N1CCN(c2nccn(C(C)C)c2=O)CC1. The van der Waals surface area contributed by atoms with E-state index >= 15 is 0 Å². The fourth-order valence-corrected chi connectivity index (χ4v) is 2.69. The van der Waals surface area contributed by atoms with E-state index in [-0.39, 0.29) is 17.6 Å². The third-order valence-electron chi connectivity index (χ3n) is 3.98. The zero-order chi connectivity index (χ0) is 15.6. The van der Waals surface area contributed by atoms with Crippen LogP contribution in [-0.2, 0) is 0 Å². The van der Waals surface area contributed by atoms with Crippen molar-refractivity contribution in [3.05, 3.63) is 22.7 Å². The average Bonchev–Trinajstić information content (AvgIpc) is 2.46. The second-order valence-electron chi connectivity index (χ2n) is 5.66. The lowest BCUT2D eigenvalue weighted by Gasteiger charge is -2.37. The van der Waals surface area contributed by atoms with Crippen LogP contribution in [0.1, 0.15) is 26.8 Å². The van der Waals surface area contributed by atoms with Crippen LogP contribution in [0.4, 0.5) is 5.82 Å². The Hall–Kier alpha value is -1.47. The van der Waals surface area contributed by atoms with Crippen LogP contribution in [0.2, 0.25) is 0 Å². The van der Waals surface area contributed by atoms with E-state index in [1.807, 2.05) is 25.7 Å². The summed E-state index contributed by atoms with van der Waals surface area (Å²) in [7, 11) is 0. The lowest BCUT2D eigenvalue weighted by molar-refractivity contribution is 0.238. The standard InChI is InChI=1S/C14H23N5OS/c1-10(2)19-5-4-16-13(14(19)20)18-8-6-17(7-9-18)11(3)12(15)21/h4-5,10-11H,6-9H2,1-3H3,(H2,15,21). The highest BCUT2D eigenvalue weighted by atomic mass is 32.1. The van der Waals surface area contributed by atoms with Crippen molar-refractivity contribution in [1.29, 1.82) is 0 Å². The van der Waals surface area contributed by atoms with Gasteiger partial charge in [-0.15, -0.1) is 0 Å². The van der Waals surface area contributed by atoms with Crippen molar-refractivity contribution in [2.24, 2.45) is 5.73 Å². The minimum absolute atomic E-state index is 0.0247. The summed E-state index contributed by atoms with van der Waals surface area (Å²) in [6.07, 6.45) is 3.43. The Balaban J connectivity index is 2.11. The summed E-state index contributed by atoms with van der Waals surface area (Å²) in [5.74, 6) is 0.536. The van der Waals surface area contributed by atoms with Gasteiger partial charge < -0.3 is 15.2 Å². The largest absolute Gasteiger partial charge is 0.392 e. The van der Waals surface area contributed by atoms with Gasteiger partial charge in [-0.25, -0.2) is 4.98 Å². The zero-order valence-corrected chi connectivity index (χ0v) is 13.6. The number of nitrogens with two attached hydrogens (primary N) is 1. The zero-order valence-electron chi connectivity index (χ0n) is 12.8. The number of anilines is 1. The molecule has 7 heteroatoms. The molecule has 0 bridgehead atoms. The van der Waals surface area contributed by atoms with Gasteiger partial charge in [0.05, 0.1) is 11.0 Å². The summed E-state index contributed by atoms with van der Waals surface area (Å²) in [6.45, 7) is 9.19. The molecule has 2 rings (SSSR count). The molecular formula is C14H23N5OS. The summed E-state index contributed by atoms with van der Waals surface area (Å²) >= 11 is 5.05. The van der Waals surface area contributed by atoms with Crippen LogP contribution >= 0.6 is 12.2 Å². The maximum Gasteiger partial charge on any atom is 0.293 e. The summed E-state index contributed by atoms with van der Waals surface area (Å²) in [6, 6.07) is 0.230. The van der Waals surface area contributed by atoms with Crippen LogP contribution in [0.25, 0.3) is 0 Å². The van der Waals surface area contributed by atoms with Gasteiger partial charge in [-0.05, 0) is 20.8 Å². The van der Waals surface area contributed by atoms with Gasteiger partial charge in [0.2, 0.25) is 0 Å². The minimum Gasteiger partial charge on any atom is -0.392 e. The van der Waals surface area contributed by atoms with Gasteiger partial charge in [-0.1, -0.05) is 12.2 Å². The van der Waals surface area contributed by atoms with E-state index in [2.05, 4.69) is 9.88 Å². The quantitative estimate of drug-likeness (QED) is 0.823. The van der Waals surface area contributed by atoms with Crippen molar-refractivity contribution in [3.63, 3.8) is 0 Å². The molecule has 0 saturated carbocycles. The molecule has 1 fully saturated rings. The summed E-state index contributed by atoms with van der Waals surface area (Å²) in [5, 5.41) is 0. The van der Waals surface area contributed by atoms with Crippen LogP contribution in [-0.4, -0.2) is 51.7 Å². The molecule has 0 radical (unpaired) electrons. The molecule has 0 amide bonds. The Morgan fingerprint density at radius 2 is 1.90 bits per heavy atom. The van der Waals surface area contributed by atoms with Crippen molar-refractivity contribution in [2.45, 2.75) is 32.9 Å². The smallest absolute Gasteiger partial charge is 0.293 e. The number of piperazine rings is 1. The molecule has 1 aromatic heterocycles. The van der Waals surface area contributed by atoms with Gasteiger partial charge >= 0.3 is 0 Å². The highest BCUT2D eigenvalue weighted by Crippen LogP contribution is 2.12. The first-order valence-corrected chi connectivity index (χ1v) is 7.68. The molecule has 0 spiro atoms. The van der Waals surface area contributed by atoms with E-state index in [0.717, 1.165) is 26.2 Å². The van der Waals surface area contributed by atoms with E-state index in [9.17, 15) is 4.79 Å². The van der Waals surface area contributed by atoms with Crippen LogP contribution in [0.5, 0.6) is 0 Å². The molecule has 1 unspecified atom stereocenters. The molecule has 1 aliphatic rings. The number of nitrogens with zero attached hydrogens (tertiary/aromatic N) is 4. The van der Waals surface area contributed by atoms with Crippen LogP contribution in [0.3, 0.4) is 0 Å². The Bertz CT molecular complexity index is 563. The molecule has 1 aliphatic heterocycles. The summed E-state index contributed by atoms with van der Waals surface area (Å²) in [5.41, 5.74) is 5.68. The van der Waals surface area contributed by atoms with Crippen LogP contribution in [0, 0.1) is 0 Å². The maximum atomic E-state index is 12.4. The molecule has 6 nitrogen and oxygen atoms in total. The predicted octanol–water partition coefficient (Wildman–Crippen LogP) is 0.621. The predicted molar refractivity (Wildman–Crippen MR) is 88.9 cm³/mol. The van der Waals surface area contributed by atoms with Crippen LogP contribution < -0.4 is 16.2 Å². The molecule has 0 aliphatic carbocycles. The highest BCUT2D eigenvalue weighted by molar-refractivity contribution is 7.80. The van der Waals surface area contributed by atoms with E-state index in [4.69, 9.17) is 18.0 Å². The Morgan fingerprint density at radius 1 is 1.29 bits per heavy atom. The van der Waals surface area contributed by atoms with Crippen molar-refractivity contribution in [2.75, 3.05) is 31.1 Å². The fraction of sp³-hybridized carbons (Fsp3) is 0.643. The fourth-order valence-electron chi connectivity index (χ4n) is 2.54. The molecule has 2 N–H and O–H groups in total. The number of aromatic nitrogens is 2. The number of hydrogen-bond donors (Lipinski definition) is 1. The second-order valence-corrected chi connectivity index (χ2v) is 6.13. The first-order valence-electron chi connectivity index (χ1n) is 7.27. The number of rotatable bonds is 4. The lowest BCUT2D eigenvalue weighted by atomic mass is 10.2. The van der Waals surface area contributed by atoms with Gasteiger partial charge in [0, 0.05) is 44.6 Å². The normalized spacial score (nSPS) is 18.0. The van der Waals surface area contributed by atoms with Crippen molar-refractivity contribution >= 4 is 23.0 Å². The van der Waals surface area contributed by atoms with Gasteiger partial charge in [0.25, 0.3) is 5.56 Å². The number of thiocarbonyl (C=S) groups is 1. The Morgan fingerprint density at radius 3 is 2.43 bits per heavy atom. The summed E-state index contributed by atoms with van der Waals surface area (Å²) in [4.78, 5) is 21.5. The van der Waals surface area contributed by atoms with Gasteiger partial charge in [-0.3, -0.25) is 9.69 Å². The van der Waals surface area contributed by atoms with Gasteiger partial charge in [0.15, 0.2) is 5.82 Å². The van der Waals surface area contributed by atoms with Crippen molar-refractivity contribution < 1.29 is 0 Å².